The van der Waals surface area contributed by atoms with Gasteiger partial charge in [-0.25, -0.2) is 5.06 Å². The number of nitrogens with zero attached hydrogens (tertiary/aromatic N) is 1. The van der Waals surface area contributed by atoms with Gasteiger partial charge in [-0.1, -0.05) is 56.5 Å². The molecule has 1 atom stereocenters. The molecule has 128 valence electrons. The number of amides is 1. The Labute approximate surface area is 139 Å². The van der Waals surface area contributed by atoms with Gasteiger partial charge in [0, 0.05) is 13.5 Å². The first-order chi connectivity index (χ1) is 11.0. The Morgan fingerprint density at radius 1 is 1.30 bits per heavy atom. The molecule has 0 aromatic heterocycles. The van der Waals surface area contributed by atoms with Gasteiger partial charge in [-0.05, 0) is 36.5 Å². The van der Waals surface area contributed by atoms with Gasteiger partial charge >= 0.3 is 0 Å². The average molecular weight is 319 g/mol. The van der Waals surface area contributed by atoms with Crippen molar-refractivity contribution in [2.75, 3.05) is 7.05 Å². The molecule has 0 fully saturated rings. The van der Waals surface area contributed by atoms with Crippen LogP contribution in [0, 0.1) is 0 Å². The molecule has 4 heteroatoms. The summed E-state index contributed by atoms with van der Waals surface area (Å²) < 4.78 is 0. The number of carbonyl (C=O) groups excluding carboxylic acids is 1. The smallest absolute Gasteiger partial charge is 0.245 e. The van der Waals surface area contributed by atoms with Crippen LogP contribution in [0.25, 0.3) is 6.08 Å². The summed E-state index contributed by atoms with van der Waals surface area (Å²) in [5.74, 6) is -0.268. The van der Waals surface area contributed by atoms with Crippen LogP contribution in [-0.2, 0) is 4.79 Å². The normalized spacial score (nSPS) is 12.5. The third-order valence-electron chi connectivity index (χ3n) is 3.81. The predicted molar refractivity (Wildman–Crippen MR) is 93.0 cm³/mol. The van der Waals surface area contributed by atoms with Crippen molar-refractivity contribution in [2.45, 2.75) is 58.0 Å². The zero-order valence-electron chi connectivity index (χ0n) is 14.2. The summed E-state index contributed by atoms with van der Waals surface area (Å²) in [4.78, 5) is 11.2. The largest absolute Gasteiger partial charge is 0.388 e. The number of allylic oxidation sites excluding steroid dienone is 1. The standard InChI is InChI=1S/C19H29NO3/c1-3-4-6-13-18(21)17-12-9-11-16(15-17)10-7-5-8-14-19(22)20(2)23/h7,9-12,15,18,21,23H,3-6,8,13-14H2,1-2H3. The van der Waals surface area contributed by atoms with E-state index in [0.717, 1.165) is 43.2 Å². The zero-order chi connectivity index (χ0) is 17.1. The maximum Gasteiger partial charge on any atom is 0.245 e. The number of rotatable bonds is 10. The van der Waals surface area contributed by atoms with Crippen molar-refractivity contribution in [3.63, 3.8) is 0 Å². The van der Waals surface area contributed by atoms with E-state index in [1.54, 1.807) is 0 Å². The first-order valence-electron chi connectivity index (χ1n) is 8.44. The summed E-state index contributed by atoms with van der Waals surface area (Å²) in [5, 5.41) is 19.8. The van der Waals surface area contributed by atoms with Crippen molar-refractivity contribution in [3.8, 4) is 0 Å². The van der Waals surface area contributed by atoms with Gasteiger partial charge in [-0.3, -0.25) is 10.0 Å². The van der Waals surface area contributed by atoms with Crippen molar-refractivity contribution in [1.29, 1.82) is 0 Å². The van der Waals surface area contributed by atoms with Crippen molar-refractivity contribution < 1.29 is 15.1 Å². The third-order valence-corrected chi connectivity index (χ3v) is 3.81. The molecule has 0 heterocycles. The zero-order valence-corrected chi connectivity index (χ0v) is 14.2. The van der Waals surface area contributed by atoms with Crippen molar-refractivity contribution in [2.24, 2.45) is 0 Å². The molecule has 0 aliphatic rings. The van der Waals surface area contributed by atoms with Crippen LogP contribution in [-0.4, -0.2) is 28.3 Å². The second-order valence-corrected chi connectivity index (χ2v) is 5.89. The molecule has 1 unspecified atom stereocenters. The lowest BCUT2D eigenvalue weighted by molar-refractivity contribution is -0.159. The highest BCUT2D eigenvalue weighted by Gasteiger charge is 2.07. The molecule has 0 saturated carbocycles. The fourth-order valence-electron chi connectivity index (χ4n) is 2.38. The van der Waals surface area contributed by atoms with Crippen LogP contribution in [0.15, 0.2) is 30.3 Å². The molecule has 1 aromatic carbocycles. The molecule has 2 N–H and O–H groups in total. The molecule has 1 amide bonds. The Bertz CT molecular complexity index is 497. The van der Waals surface area contributed by atoms with Crippen molar-refractivity contribution >= 4 is 12.0 Å². The molecule has 4 nitrogen and oxygen atoms in total. The maximum atomic E-state index is 11.2. The van der Waals surface area contributed by atoms with Gasteiger partial charge in [0.05, 0.1) is 6.10 Å². The highest BCUT2D eigenvalue weighted by molar-refractivity contribution is 5.74. The first-order valence-corrected chi connectivity index (χ1v) is 8.44. The van der Waals surface area contributed by atoms with Crippen LogP contribution in [0.2, 0.25) is 0 Å². The number of aliphatic hydroxyl groups is 1. The second kappa shape index (κ2) is 11.0. The molecule has 1 aromatic rings. The quantitative estimate of drug-likeness (QED) is 0.383. The third kappa shape index (κ3) is 7.95. The van der Waals surface area contributed by atoms with E-state index in [1.807, 2.05) is 36.4 Å². The molecule has 0 radical (unpaired) electrons. The summed E-state index contributed by atoms with van der Waals surface area (Å²) in [5.41, 5.74) is 2.02. The summed E-state index contributed by atoms with van der Waals surface area (Å²) >= 11 is 0. The lowest BCUT2D eigenvalue weighted by atomic mass is 10.0. The maximum absolute atomic E-state index is 11.2. The Hall–Kier alpha value is -1.65. The monoisotopic (exact) mass is 319 g/mol. The minimum absolute atomic E-state index is 0.268. The van der Waals surface area contributed by atoms with Crippen LogP contribution in [0.4, 0.5) is 0 Å². The van der Waals surface area contributed by atoms with Gasteiger partial charge < -0.3 is 5.11 Å². The Morgan fingerprint density at radius 2 is 2.09 bits per heavy atom. The van der Waals surface area contributed by atoms with E-state index in [4.69, 9.17) is 5.21 Å². The number of carbonyl (C=O) groups is 1. The van der Waals surface area contributed by atoms with Gasteiger partial charge in [-0.2, -0.15) is 0 Å². The molecule has 0 spiro atoms. The number of aliphatic hydroxyl groups excluding tert-OH is 1. The fourth-order valence-corrected chi connectivity index (χ4v) is 2.38. The van der Waals surface area contributed by atoms with Gasteiger partial charge in [0.15, 0.2) is 0 Å². The topological polar surface area (TPSA) is 60.8 Å². The van der Waals surface area contributed by atoms with Gasteiger partial charge in [0.2, 0.25) is 5.91 Å². The van der Waals surface area contributed by atoms with Crippen LogP contribution in [0.1, 0.15) is 69.1 Å². The predicted octanol–water partition coefficient (Wildman–Crippen LogP) is 4.33. The van der Waals surface area contributed by atoms with Crippen LogP contribution in [0.5, 0.6) is 0 Å². The molecule has 0 aliphatic carbocycles. The SMILES string of the molecule is CCCCCC(O)c1cccc(C=CCCCC(=O)N(C)O)c1. The first kappa shape index (κ1) is 19.4. The molecular weight excluding hydrogens is 290 g/mol. The number of unbranched alkanes of at least 4 members (excludes halogenated alkanes) is 3. The number of benzene rings is 1. The summed E-state index contributed by atoms with van der Waals surface area (Å²) in [6.45, 7) is 2.16. The van der Waals surface area contributed by atoms with E-state index in [1.165, 1.54) is 7.05 Å². The van der Waals surface area contributed by atoms with E-state index in [9.17, 15) is 9.90 Å². The van der Waals surface area contributed by atoms with Crippen molar-refractivity contribution in [3.05, 3.63) is 41.5 Å². The van der Waals surface area contributed by atoms with Gasteiger partial charge in [0.1, 0.15) is 0 Å². The molecule has 23 heavy (non-hydrogen) atoms. The van der Waals surface area contributed by atoms with Crippen LogP contribution in [0.3, 0.4) is 0 Å². The highest BCUT2D eigenvalue weighted by Crippen LogP contribution is 2.21. The average Bonchev–Trinajstić information content (AvgIpc) is 2.54. The van der Waals surface area contributed by atoms with E-state index < -0.39 is 6.10 Å². The molecular formula is C19H29NO3. The van der Waals surface area contributed by atoms with E-state index in [2.05, 4.69) is 6.92 Å². The molecule has 1 rings (SSSR count). The number of hydrogen-bond acceptors (Lipinski definition) is 3. The highest BCUT2D eigenvalue weighted by atomic mass is 16.5. The van der Waals surface area contributed by atoms with E-state index in [0.29, 0.717) is 17.9 Å². The van der Waals surface area contributed by atoms with Gasteiger partial charge in [0.25, 0.3) is 0 Å². The minimum Gasteiger partial charge on any atom is -0.388 e. The Morgan fingerprint density at radius 3 is 2.78 bits per heavy atom. The minimum atomic E-state index is -0.396. The van der Waals surface area contributed by atoms with Crippen LogP contribution >= 0.6 is 0 Å². The lowest BCUT2D eigenvalue weighted by Gasteiger charge is -2.11. The van der Waals surface area contributed by atoms with Gasteiger partial charge in [-0.15, -0.1) is 0 Å². The summed E-state index contributed by atoms with van der Waals surface area (Å²) in [6.07, 6.45) is 9.62. The molecule has 0 aliphatic heterocycles. The molecule has 0 saturated heterocycles. The van der Waals surface area contributed by atoms with Crippen molar-refractivity contribution in [1.82, 2.24) is 5.06 Å². The number of hydroxylamine groups is 2. The Kier molecular flexibility index (Phi) is 9.25. The fraction of sp³-hybridized carbons (Fsp3) is 0.526. The summed E-state index contributed by atoms with van der Waals surface area (Å²) in [6, 6.07) is 7.94. The van der Waals surface area contributed by atoms with E-state index in [-0.39, 0.29) is 5.91 Å². The van der Waals surface area contributed by atoms with E-state index >= 15 is 0 Å². The lowest BCUT2D eigenvalue weighted by Crippen LogP contribution is -2.21. The van der Waals surface area contributed by atoms with Crippen LogP contribution < -0.4 is 0 Å². The second-order valence-electron chi connectivity index (χ2n) is 5.89. The Balaban J connectivity index is 2.43. The summed E-state index contributed by atoms with van der Waals surface area (Å²) in [7, 11) is 1.34. The molecule has 0 bridgehead atoms. The number of hydrogen-bond donors (Lipinski definition) is 2.